The zero-order valence-corrected chi connectivity index (χ0v) is 17.3. The maximum atomic E-state index is 12.5. The van der Waals surface area contributed by atoms with Crippen LogP contribution in [0.3, 0.4) is 0 Å². The van der Waals surface area contributed by atoms with E-state index >= 15 is 0 Å². The molecule has 0 fully saturated rings. The van der Waals surface area contributed by atoms with Crippen molar-refractivity contribution in [3.8, 4) is 5.75 Å². The van der Waals surface area contributed by atoms with Gasteiger partial charge in [-0.1, -0.05) is 18.2 Å². The normalized spacial score (nSPS) is 10.0. The molecule has 0 aliphatic heterocycles. The number of esters is 2. The number of carbonyl (C=O) groups is 4. The van der Waals surface area contributed by atoms with E-state index in [-0.39, 0.29) is 13.2 Å². The van der Waals surface area contributed by atoms with Gasteiger partial charge in [0.25, 0.3) is 11.8 Å². The Kier molecular flexibility index (Phi) is 9.03. The van der Waals surface area contributed by atoms with Gasteiger partial charge in [0.15, 0.2) is 6.61 Å². The first kappa shape index (κ1) is 23.4. The van der Waals surface area contributed by atoms with Crippen molar-refractivity contribution in [2.75, 3.05) is 38.3 Å². The Labute approximate surface area is 179 Å². The van der Waals surface area contributed by atoms with Crippen molar-refractivity contribution in [2.45, 2.75) is 6.92 Å². The van der Waals surface area contributed by atoms with Crippen molar-refractivity contribution in [2.24, 2.45) is 0 Å². The van der Waals surface area contributed by atoms with Crippen molar-refractivity contribution in [3.05, 3.63) is 60.2 Å². The fourth-order valence-electron chi connectivity index (χ4n) is 2.54. The van der Waals surface area contributed by atoms with Gasteiger partial charge < -0.3 is 19.5 Å². The van der Waals surface area contributed by atoms with Crippen LogP contribution in [0, 0.1) is 0 Å². The van der Waals surface area contributed by atoms with Crippen LogP contribution in [0.15, 0.2) is 54.6 Å². The maximum Gasteiger partial charge on any atom is 0.326 e. The van der Waals surface area contributed by atoms with Crippen LogP contribution in [0.25, 0.3) is 0 Å². The number of hydrogen-bond acceptors (Lipinski definition) is 7. The quantitative estimate of drug-likeness (QED) is 0.572. The van der Waals surface area contributed by atoms with Crippen LogP contribution in [-0.2, 0) is 23.9 Å². The van der Waals surface area contributed by atoms with Crippen molar-refractivity contribution in [1.29, 1.82) is 0 Å². The van der Waals surface area contributed by atoms with E-state index in [2.05, 4.69) is 5.32 Å². The lowest BCUT2D eigenvalue weighted by molar-refractivity contribution is -0.147. The zero-order chi connectivity index (χ0) is 22.6. The average Bonchev–Trinajstić information content (AvgIpc) is 2.80. The predicted octanol–water partition coefficient (Wildman–Crippen LogP) is 1.56. The van der Waals surface area contributed by atoms with E-state index in [4.69, 9.17) is 14.2 Å². The minimum atomic E-state index is -0.792. The summed E-state index contributed by atoms with van der Waals surface area (Å²) in [6.07, 6.45) is 0. The number of hydrogen-bond donors (Lipinski definition) is 1. The molecule has 2 amide bonds. The van der Waals surface area contributed by atoms with Gasteiger partial charge >= 0.3 is 11.9 Å². The summed E-state index contributed by atoms with van der Waals surface area (Å²) >= 11 is 0. The van der Waals surface area contributed by atoms with Gasteiger partial charge in [0, 0.05) is 11.3 Å². The average molecular weight is 428 g/mol. The monoisotopic (exact) mass is 428 g/mol. The molecule has 0 unspecified atom stereocenters. The number of benzene rings is 2. The largest absolute Gasteiger partial charge is 0.497 e. The van der Waals surface area contributed by atoms with E-state index < -0.39 is 36.9 Å². The van der Waals surface area contributed by atoms with Gasteiger partial charge in [0.1, 0.15) is 18.8 Å². The molecule has 0 atom stereocenters. The third-order valence-corrected chi connectivity index (χ3v) is 4.06. The number of ether oxygens (including phenoxy) is 3. The molecule has 2 aromatic rings. The molecular weight excluding hydrogens is 404 g/mol. The molecule has 9 heteroatoms. The summed E-state index contributed by atoms with van der Waals surface area (Å²) in [6.45, 7) is 0.516. The van der Waals surface area contributed by atoms with Crippen molar-refractivity contribution in [1.82, 2.24) is 5.32 Å². The van der Waals surface area contributed by atoms with Crippen LogP contribution in [0.5, 0.6) is 5.75 Å². The smallest absolute Gasteiger partial charge is 0.326 e. The number of amides is 2. The van der Waals surface area contributed by atoms with Gasteiger partial charge in [-0.05, 0) is 43.3 Å². The minimum Gasteiger partial charge on any atom is -0.497 e. The molecule has 0 heterocycles. The van der Waals surface area contributed by atoms with Gasteiger partial charge in [-0.15, -0.1) is 0 Å². The molecule has 2 rings (SSSR count). The Bertz CT molecular complexity index is 898. The van der Waals surface area contributed by atoms with E-state index in [9.17, 15) is 19.2 Å². The first-order valence-electron chi connectivity index (χ1n) is 9.53. The van der Waals surface area contributed by atoms with Crippen molar-refractivity contribution >= 4 is 29.4 Å². The molecule has 0 aromatic heterocycles. The lowest BCUT2D eigenvalue weighted by Crippen LogP contribution is -2.40. The number of rotatable bonds is 10. The van der Waals surface area contributed by atoms with Crippen LogP contribution >= 0.6 is 0 Å². The highest BCUT2D eigenvalue weighted by Gasteiger charge is 2.21. The summed E-state index contributed by atoms with van der Waals surface area (Å²) in [5.41, 5.74) is 0.804. The summed E-state index contributed by atoms with van der Waals surface area (Å²) in [6, 6.07) is 14.8. The fourth-order valence-corrected chi connectivity index (χ4v) is 2.54. The highest BCUT2D eigenvalue weighted by Crippen LogP contribution is 2.14. The highest BCUT2D eigenvalue weighted by atomic mass is 16.5. The molecule has 0 bridgehead atoms. The Hall–Kier alpha value is -3.88. The summed E-state index contributed by atoms with van der Waals surface area (Å²) in [5, 5.41) is 2.42. The summed E-state index contributed by atoms with van der Waals surface area (Å²) in [4.78, 5) is 49.6. The van der Waals surface area contributed by atoms with E-state index in [1.54, 1.807) is 61.5 Å². The Morgan fingerprint density at radius 1 is 0.903 bits per heavy atom. The maximum absolute atomic E-state index is 12.5. The molecule has 2 aromatic carbocycles. The number of anilines is 1. The first-order valence-corrected chi connectivity index (χ1v) is 9.53. The van der Waals surface area contributed by atoms with Gasteiger partial charge in [-0.25, -0.2) is 0 Å². The first-order chi connectivity index (χ1) is 14.9. The second-order valence-corrected chi connectivity index (χ2v) is 6.19. The van der Waals surface area contributed by atoms with Crippen LogP contribution in [0.1, 0.15) is 17.3 Å². The Balaban J connectivity index is 1.88. The minimum absolute atomic E-state index is 0.179. The number of para-hydroxylation sites is 1. The lowest BCUT2D eigenvalue weighted by atomic mass is 10.2. The fraction of sp³-hybridized carbons (Fsp3) is 0.273. The summed E-state index contributed by atoms with van der Waals surface area (Å²) in [7, 11) is 1.51. The zero-order valence-electron chi connectivity index (χ0n) is 17.3. The van der Waals surface area contributed by atoms with Gasteiger partial charge in [0.05, 0.1) is 13.7 Å². The third kappa shape index (κ3) is 7.46. The van der Waals surface area contributed by atoms with Crippen molar-refractivity contribution in [3.63, 3.8) is 0 Å². The number of methoxy groups -OCH3 is 1. The molecule has 0 aliphatic carbocycles. The number of nitrogens with zero attached hydrogens (tertiary/aromatic N) is 1. The van der Waals surface area contributed by atoms with Gasteiger partial charge in [-0.2, -0.15) is 0 Å². The van der Waals surface area contributed by atoms with Gasteiger partial charge in [0.2, 0.25) is 0 Å². The van der Waals surface area contributed by atoms with E-state index in [0.717, 1.165) is 0 Å². The molecule has 164 valence electrons. The third-order valence-electron chi connectivity index (χ3n) is 4.06. The molecule has 0 spiro atoms. The molecule has 0 saturated carbocycles. The lowest BCUT2D eigenvalue weighted by Gasteiger charge is -2.21. The van der Waals surface area contributed by atoms with E-state index in [1.807, 2.05) is 0 Å². The predicted molar refractivity (Wildman–Crippen MR) is 112 cm³/mol. The molecule has 1 N–H and O–H groups in total. The molecule has 9 nitrogen and oxygen atoms in total. The summed E-state index contributed by atoms with van der Waals surface area (Å²) < 4.78 is 14.9. The molecule has 0 aliphatic rings. The molecule has 0 radical (unpaired) electrons. The van der Waals surface area contributed by atoms with Crippen molar-refractivity contribution < 1.29 is 33.4 Å². The topological polar surface area (TPSA) is 111 Å². The van der Waals surface area contributed by atoms with Gasteiger partial charge in [-0.3, -0.25) is 24.1 Å². The second-order valence-electron chi connectivity index (χ2n) is 6.19. The summed E-state index contributed by atoms with van der Waals surface area (Å²) in [5.74, 6) is -1.86. The Morgan fingerprint density at radius 2 is 1.58 bits per heavy atom. The van der Waals surface area contributed by atoms with Crippen LogP contribution in [0.2, 0.25) is 0 Å². The SMILES string of the molecule is CCOC(=O)CN(C(=O)COC(=O)CNC(=O)c1ccc(OC)cc1)c1ccccc1. The molecular formula is C22H24N2O7. The van der Waals surface area contributed by atoms with Crippen LogP contribution in [-0.4, -0.2) is 57.2 Å². The molecule has 31 heavy (non-hydrogen) atoms. The highest BCUT2D eigenvalue weighted by molar-refractivity contribution is 5.99. The van der Waals surface area contributed by atoms with Crippen LogP contribution in [0.4, 0.5) is 5.69 Å². The number of nitrogens with one attached hydrogen (secondary N) is 1. The second kappa shape index (κ2) is 12.0. The standard InChI is InChI=1S/C22H24N2O7/c1-3-30-21(27)14-24(17-7-5-4-6-8-17)19(25)15-31-20(26)13-23-22(28)16-9-11-18(29-2)12-10-16/h4-12H,3,13-15H2,1-2H3,(H,23,28). The van der Waals surface area contributed by atoms with Crippen LogP contribution < -0.4 is 15.0 Å². The Morgan fingerprint density at radius 3 is 2.19 bits per heavy atom. The van der Waals surface area contributed by atoms with E-state index in [0.29, 0.717) is 17.0 Å². The number of carbonyl (C=O) groups excluding carboxylic acids is 4. The van der Waals surface area contributed by atoms with E-state index in [1.165, 1.54) is 12.0 Å². The molecule has 0 saturated heterocycles.